The normalized spacial score (nSPS) is 17.5. The van der Waals surface area contributed by atoms with E-state index in [0.717, 1.165) is 5.56 Å². The minimum atomic E-state index is -0.979. The lowest BCUT2D eigenvalue weighted by Gasteiger charge is -2.23. The first-order valence-corrected chi connectivity index (χ1v) is 15.3. The first-order valence-electron chi connectivity index (χ1n) is 13.1. The number of thioether (sulfide) groups is 1. The van der Waals surface area contributed by atoms with Gasteiger partial charge < -0.3 is 19.3 Å². The van der Waals surface area contributed by atoms with Crippen molar-refractivity contribution in [3.05, 3.63) is 94.0 Å². The van der Waals surface area contributed by atoms with E-state index in [9.17, 15) is 14.7 Å². The first kappa shape index (κ1) is 28.1. The molecule has 1 unspecified atom stereocenters. The number of aliphatic hydroxyl groups excluding tert-OH is 1. The standard InChI is InChI=1S/C30H24ClN3O6S2/c1-2-38-20-8-5-7-17(14-20)25-24(26(35)18-10-11-22-23(15-18)40-13-12-39-22)27(36)28(37)34(25)29-32-33-30(42-29)41-16-19-6-3-4-9-21(19)31/h3-11,14-15,25,35H,2,12-13,16H2,1H3/b26-24-. The molecular formula is C30H24ClN3O6S2. The van der Waals surface area contributed by atoms with Gasteiger partial charge in [-0.1, -0.05) is 65.0 Å². The third kappa shape index (κ3) is 5.42. The average molecular weight is 622 g/mol. The van der Waals surface area contributed by atoms with Crippen molar-refractivity contribution in [2.45, 2.75) is 23.1 Å². The lowest BCUT2D eigenvalue weighted by molar-refractivity contribution is -0.132. The molecule has 1 atom stereocenters. The summed E-state index contributed by atoms with van der Waals surface area (Å²) in [4.78, 5) is 28.5. The third-order valence-electron chi connectivity index (χ3n) is 6.66. The molecule has 1 fully saturated rings. The Hall–Kier alpha value is -4.06. The van der Waals surface area contributed by atoms with Crippen LogP contribution in [-0.4, -0.2) is 46.8 Å². The van der Waals surface area contributed by atoms with E-state index < -0.39 is 17.7 Å². The molecule has 214 valence electrons. The van der Waals surface area contributed by atoms with Crippen molar-refractivity contribution in [3.63, 3.8) is 0 Å². The van der Waals surface area contributed by atoms with Crippen molar-refractivity contribution in [2.75, 3.05) is 24.7 Å². The SMILES string of the molecule is CCOc1cccc(C2/C(=C(/O)c3ccc4c(c3)OCCO4)C(=O)C(=O)N2c2nnc(SCc3ccccc3Cl)s2)c1. The van der Waals surface area contributed by atoms with E-state index in [1.807, 2.05) is 31.2 Å². The highest BCUT2D eigenvalue weighted by Crippen LogP contribution is 2.45. The van der Waals surface area contributed by atoms with Gasteiger partial charge >= 0.3 is 5.91 Å². The summed E-state index contributed by atoms with van der Waals surface area (Å²) in [5.41, 5.74) is 1.75. The molecule has 2 aliphatic heterocycles. The molecule has 42 heavy (non-hydrogen) atoms. The van der Waals surface area contributed by atoms with Crippen LogP contribution < -0.4 is 19.1 Å². The average Bonchev–Trinajstić information content (AvgIpc) is 3.58. The maximum absolute atomic E-state index is 13.6. The molecule has 12 heteroatoms. The van der Waals surface area contributed by atoms with Crippen LogP contribution >= 0.6 is 34.7 Å². The summed E-state index contributed by atoms with van der Waals surface area (Å²) >= 11 is 8.91. The topological polar surface area (TPSA) is 111 Å². The molecule has 0 bridgehead atoms. The van der Waals surface area contributed by atoms with E-state index in [4.69, 9.17) is 25.8 Å². The molecule has 2 aliphatic rings. The van der Waals surface area contributed by atoms with Crippen molar-refractivity contribution in [1.82, 2.24) is 10.2 Å². The second kappa shape index (κ2) is 12.0. The van der Waals surface area contributed by atoms with Gasteiger partial charge in [0.15, 0.2) is 15.8 Å². The number of hydrogen-bond donors (Lipinski definition) is 1. The van der Waals surface area contributed by atoms with Crippen molar-refractivity contribution in [1.29, 1.82) is 0 Å². The largest absolute Gasteiger partial charge is 0.507 e. The number of fused-ring (bicyclic) bond motifs is 1. The van der Waals surface area contributed by atoms with Crippen molar-refractivity contribution < 1.29 is 28.9 Å². The van der Waals surface area contributed by atoms with Crippen molar-refractivity contribution >= 4 is 57.3 Å². The summed E-state index contributed by atoms with van der Waals surface area (Å²) in [6.45, 7) is 3.08. The molecule has 9 nitrogen and oxygen atoms in total. The number of amides is 1. The molecule has 0 spiro atoms. The minimum absolute atomic E-state index is 0.0780. The number of halogens is 1. The van der Waals surface area contributed by atoms with Gasteiger partial charge in [-0.25, -0.2) is 0 Å². The number of Topliss-reactive ketones (excluding diaryl/α,β-unsaturated/α-hetero) is 1. The monoisotopic (exact) mass is 621 g/mol. The number of ether oxygens (including phenoxy) is 3. The van der Waals surface area contributed by atoms with Crippen LogP contribution in [-0.2, 0) is 15.3 Å². The smallest absolute Gasteiger partial charge is 0.301 e. The number of carbonyl (C=O) groups is 2. The zero-order valence-electron chi connectivity index (χ0n) is 22.3. The molecule has 6 rings (SSSR count). The summed E-state index contributed by atoms with van der Waals surface area (Å²) in [7, 11) is 0. The van der Waals surface area contributed by atoms with E-state index in [-0.39, 0.29) is 16.5 Å². The number of aliphatic hydroxyl groups is 1. The Morgan fingerprint density at radius 1 is 1.07 bits per heavy atom. The predicted octanol–water partition coefficient (Wildman–Crippen LogP) is 6.28. The Morgan fingerprint density at radius 2 is 1.88 bits per heavy atom. The number of hydrogen-bond acceptors (Lipinski definition) is 10. The summed E-state index contributed by atoms with van der Waals surface area (Å²) in [5, 5.41) is 20.9. The number of carbonyl (C=O) groups excluding carboxylic acids is 2. The lowest BCUT2D eigenvalue weighted by atomic mass is 9.95. The molecular weight excluding hydrogens is 598 g/mol. The first-order chi connectivity index (χ1) is 20.4. The number of benzene rings is 3. The van der Waals surface area contributed by atoms with Crippen LogP contribution in [0.15, 0.2) is 76.6 Å². The van der Waals surface area contributed by atoms with Gasteiger partial charge in [-0.3, -0.25) is 14.5 Å². The molecule has 1 aromatic heterocycles. The van der Waals surface area contributed by atoms with Crippen LogP contribution in [0, 0.1) is 0 Å². The second-order valence-electron chi connectivity index (χ2n) is 9.26. The van der Waals surface area contributed by atoms with Crippen LogP contribution in [0.2, 0.25) is 5.02 Å². The Labute approximate surface area is 254 Å². The Morgan fingerprint density at radius 3 is 2.69 bits per heavy atom. The van der Waals surface area contributed by atoms with Gasteiger partial charge in [-0.15, -0.1) is 10.2 Å². The van der Waals surface area contributed by atoms with E-state index in [0.29, 0.717) is 63.3 Å². The van der Waals surface area contributed by atoms with Crippen LogP contribution in [0.1, 0.15) is 29.7 Å². The Balaban J connectivity index is 1.41. The summed E-state index contributed by atoms with van der Waals surface area (Å²) in [6, 6.07) is 18.5. The number of ketones is 1. The number of aromatic nitrogens is 2. The molecule has 3 heterocycles. The van der Waals surface area contributed by atoms with Gasteiger partial charge in [-0.05, 0) is 54.4 Å². The third-order valence-corrected chi connectivity index (χ3v) is 9.13. The molecule has 1 saturated heterocycles. The van der Waals surface area contributed by atoms with Gasteiger partial charge in [-0.2, -0.15) is 0 Å². The van der Waals surface area contributed by atoms with Crippen LogP contribution in [0.4, 0.5) is 5.13 Å². The van der Waals surface area contributed by atoms with Gasteiger partial charge in [0, 0.05) is 16.3 Å². The van der Waals surface area contributed by atoms with Crippen LogP contribution in [0.3, 0.4) is 0 Å². The van der Waals surface area contributed by atoms with Crippen molar-refractivity contribution in [2.24, 2.45) is 0 Å². The van der Waals surface area contributed by atoms with Gasteiger partial charge in [0.05, 0.1) is 18.2 Å². The van der Waals surface area contributed by atoms with E-state index in [2.05, 4.69) is 10.2 Å². The maximum atomic E-state index is 13.6. The highest BCUT2D eigenvalue weighted by atomic mass is 35.5. The number of rotatable bonds is 8. The van der Waals surface area contributed by atoms with E-state index >= 15 is 0 Å². The summed E-state index contributed by atoms with van der Waals surface area (Å²) in [5.74, 6) is 0.102. The minimum Gasteiger partial charge on any atom is -0.507 e. The second-order valence-corrected chi connectivity index (χ2v) is 11.8. The lowest BCUT2D eigenvalue weighted by Crippen LogP contribution is -2.29. The summed E-state index contributed by atoms with van der Waals surface area (Å²) in [6.07, 6.45) is 0. The van der Waals surface area contributed by atoms with Gasteiger partial charge in [0.1, 0.15) is 24.7 Å². The molecule has 1 N–H and O–H groups in total. The molecule has 0 saturated carbocycles. The quantitative estimate of drug-likeness (QED) is 0.0799. The fourth-order valence-electron chi connectivity index (χ4n) is 4.75. The highest BCUT2D eigenvalue weighted by molar-refractivity contribution is 8.00. The van der Waals surface area contributed by atoms with E-state index in [1.54, 1.807) is 42.5 Å². The molecule has 0 radical (unpaired) electrons. The maximum Gasteiger partial charge on any atom is 0.301 e. The fraction of sp³-hybridized carbons (Fsp3) is 0.200. The van der Waals surface area contributed by atoms with Gasteiger partial charge in [0.2, 0.25) is 5.13 Å². The zero-order valence-corrected chi connectivity index (χ0v) is 24.7. The fourth-order valence-corrected chi connectivity index (χ4v) is 6.90. The van der Waals surface area contributed by atoms with Crippen LogP contribution in [0.5, 0.6) is 17.2 Å². The highest BCUT2D eigenvalue weighted by Gasteiger charge is 2.48. The molecule has 0 aliphatic carbocycles. The van der Waals surface area contributed by atoms with Crippen molar-refractivity contribution in [3.8, 4) is 17.2 Å². The number of nitrogens with zero attached hydrogens (tertiary/aromatic N) is 3. The molecule has 1 amide bonds. The van der Waals surface area contributed by atoms with E-state index in [1.165, 1.54) is 28.0 Å². The van der Waals surface area contributed by atoms with Crippen LogP contribution in [0.25, 0.3) is 5.76 Å². The van der Waals surface area contributed by atoms with Gasteiger partial charge in [0.25, 0.3) is 5.78 Å². The number of anilines is 1. The Bertz CT molecular complexity index is 1710. The summed E-state index contributed by atoms with van der Waals surface area (Å²) < 4.78 is 17.6. The molecule has 4 aromatic rings. The Kier molecular flexibility index (Phi) is 8.05. The predicted molar refractivity (Wildman–Crippen MR) is 161 cm³/mol. The zero-order chi connectivity index (χ0) is 29.2. The molecule has 3 aromatic carbocycles.